The minimum absolute atomic E-state index is 0.0457. The van der Waals surface area contributed by atoms with E-state index in [1.54, 1.807) is 4.90 Å². The molecular formula is C15H23N5O3S. The van der Waals surface area contributed by atoms with Crippen molar-refractivity contribution >= 4 is 23.6 Å². The van der Waals surface area contributed by atoms with Gasteiger partial charge in [-0.1, -0.05) is 0 Å². The Kier molecular flexibility index (Phi) is 5.60. The van der Waals surface area contributed by atoms with E-state index in [0.29, 0.717) is 19.6 Å². The fourth-order valence-corrected chi connectivity index (χ4v) is 4.39. The Bertz CT molecular complexity index is 637. The maximum Gasteiger partial charge on any atom is 0.341 e. The number of H-pyrrole nitrogens is 2. The largest absolute Gasteiger partial charge is 0.356 e. The van der Waals surface area contributed by atoms with Gasteiger partial charge in [-0.3, -0.25) is 14.6 Å². The second-order valence-electron chi connectivity index (χ2n) is 6.42. The number of carbonyl (C=O) groups excluding carboxylic acids is 2. The van der Waals surface area contributed by atoms with Gasteiger partial charge in [-0.2, -0.15) is 11.8 Å². The van der Waals surface area contributed by atoms with Crippen molar-refractivity contribution in [3.8, 4) is 0 Å². The minimum Gasteiger partial charge on any atom is -0.356 e. The average Bonchev–Trinajstić information content (AvgIpc) is 3.06. The van der Waals surface area contributed by atoms with Crippen LogP contribution in [0.4, 0.5) is 0 Å². The fraction of sp³-hybridized carbons (Fsp3) is 0.733. The number of aromatic amines is 2. The summed E-state index contributed by atoms with van der Waals surface area (Å²) in [7, 11) is 0. The van der Waals surface area contributed by atoms with Crippen LogP contribution in [-0.4, -0.2) is 63.0 Å². The van der Waals surface area contributed by atoms with Crippen molar-refractivity contribution in [3.63, 3.8) is 0 Å². The van der Waals surface area contributed by atoms with Crippen molar-refractivity contribution in [1.29, 1.82) is 0 Å². The van der Waals surface area contributed by atoms with E-state index in [0.717, 1.165) is 37.2 Å². The third kappa shape index (κ3) is 4.19. The van der Waals surface area contributed by atoms with E-state index in [1.807, 2.05) is 11.8 Å². The molecule has 8 nitrogen and oxygen atoms in total. The smallest absolute Gasteiger partial charge is 0.341 e. The first-order chi connectivity index (χ1) is 11.6. The Morgan fingerprint density at radius 2 is 2.08 bits per heavy atom. The zero-order chi connectivity index (χ0) is 16.9. The molecule has 3 N–H and O–H groups in total. The summed E-state index contributed by atoms with van der Waals surface area (Å²) in [5, 5.41) is 8.96. The van der Waals surface area contributed by atoms with Gasteiger partial charge in [-0.05, 0) is 43.1 Å². The van der Waals surface area contributed by atoms with E-state index in [2.05, 4.69) is 20.5 Å². The third-order valence-electron chi connectivity index (χ3n) is 4.67. The van der Waals surface area contributed by atoms with Crippen molar-refractivity contribution in [3.05, 3.63) is 16.3 Å². The molecule has 0 saturated carbocycles. The molecule has 0 bridgehead atoms. The van der Waals surface area contributed by atoms with Crippen LogP contribution in [0.25, 0.3) is 0 Å². The third-order valence-corrected chi connectivity index (χ3v) is 5.72. The highest BCUT2D eigenvalue weighted by atomic mass is 32.2. The highest BCUT2D eigenvalue weighted by Crippen LogP contribution is 2.23. The molecule has 3 heterocycles. The first-order valence-electron chi connectivity index (χ1n) is 8.43. The molecule has 0 aromatic carbocycles. The molecule has 0 spiro atoms. The Hall–Kier alpha value is -1.77. The van der Waals surface area contributed by atoms with Gasteiger partial charge < -0.3 is 10.2 Å². The maximum atomic E-state index is 12.3. The van der Waals surface area contributed by atoms with Crippen molar-refractivity contribution in [2.75, 3.05) is 31.1 Å². The van der Waals surface area contributed by atoms with Crippen LogP contribution >= 0.6 is 11.8 Å². The molecule has 2 aliphatic rings. The summed E-state index contributed by atoms with van der Waals surface area (Å²) in [6.45, 7) is 1.83. The Labute approximate surface area is 144 Å². The second-order valence-corrected chi connectivity index (χ2v) is 7.64. The van der Waals surface area contributed by atoms with Gasteiger partial charge in [0.05, 0.1) is 0 Å². The SMILES string of the molecule is O=C(NC[C@H]1CCCN(C(=O)c2n[nH]c(=O)[nH]2)C1)C1CCSCC1. The quantitative estimate of drug-likeness (QED) is 0.716. The zero-order valence-electron chi connectivity index (χ0n) is 13.5. The number of rotatable bonds is 4. The van der Waals surface area contributed by atoms with E-state index >= 15 is 0 Å². The van der Waals surface area contributed by atoms with Gasteiger partial charge in [-0.25, -0.2) is 9.89 Å². The lowest BCUT2D eigenvalue weighted by Gasteiger charge is -2.32. The first-order valence-corrected chi connectivity index (χ1v) is 9.58. The number of amides is 2. The minimum atomic E-state index is -0.482. The van der Waals surface area contributed by atoms with Crippen LogP contribution in [0.2, 0.25) is 0 Å². The molecule has 1 aromatic rings. The molecule has 2 fully saturated rings. The second kappa shape index (κ2) is 7.87. The van der Waals surface area contributed by atoms with Gasteiger partial charge in [0.1, 0.15) is 0 Å². The number of carbonyl (C=O) groups is 2. The van der Waals surface area contributed by atoms with Gasteiger partial charge in [0, 0.05) is 25.6 Å². The summed E-state index contributed by atoms with van der Waals surface area (Å²) in [5.41, 5.74) is -0.482. The molecule has 0 radical (unpaired) electrons. The van der Waals surface area contributed by atoms with E-state index in [9.17, 15) is 14.4 Å². The predicted octanol–water partition coefficient (Wildman–Crippen LogP) is 0.210. The summed E-state index contributed by atoms with van der Waals surface area (Å²) in [6, 6.07) is 0. The summed E-state index contributed by atoms with van der Waals surface area (Å²) < 4.78 is 0. The summed E-state index contributed by atoms with van der Waals surface area (Å²) in [6.07, 6.45) is 3.79. The van der Waals surface area contributed by atoms with E-state index in [-0.39, 0.29) is 29.5 Å². The fourth-order valence-electron chi connectivity index (χ4n) is 3.29. The number of likely N-dealkylation sites (tertiary alicyclic amines) is 1. The highest BCUT2D eigenvalue weighted by molar-refractivity contribution is 7.99. The number of hydrogen-bond acceptors (Lipinski definition) is 5. The lowest BCUT2D eigenvalue weighted by molar-refractivity contribution is -0.125. The molecule has 9 heteroatoms. The standard InChI is InChI=1S/C15H23N5O3S/c21-13(11-3-6-24-7-4-11)16-8-10-2-1-5-20(9-10)14(22)12-17-15(23)19-18-12/h10-11H,1-9H2,(H,16,21)(H2,17,18,19,23)/t10-/m1/s1. The molecular weight excluding hydrogens is 330 g/mol. The number of piperidine rings is 1. The van der Waals surface area contributed by atoms with Gasteiger partial charge in [0.15, 0.2) is 0 Å². The van der Waals surface area contributed by atoms with Crippen molar-refractivity contribution in [1.82, 2.24) is 25.4 Å². The molecule has 132 valence electrons. The average molecular weight is 353 g/mol. The number of hydrogen-bond donors (Lipinski definition) is 3. The van der Waals surface area contributed by atoms with Crippen LogP contribution in [0.3, 0.4) is 0 Å². The lowest BCUT2D eigenvalue weighted by Crippen LogP contribution is -2.45. The maximum absolute atomic E-state index is 12.3. The van der Waals surface area contributed by atoms with Gasteiger partial charge in [0.2, 0.25) is 11.7 Å². The number of aromatic nitrogens is 3. The van der Waals surface area contributed by atoms with Crippen LogP contribution in [0.5, 0.6) is 0 Å². The lowest BCUT2D eigenvalue weighted by atomic mass is 9.96. The highest BCUT2D eigenvalue weighted by Gasteiger charge is 2.27. The predicted molar refractivity (Wildman–Crippen MR) is 90.9 cm³/mol. The van der Waals surface area contributed by atoms with Crippen LogP contribution in [0, 0.1) is 11.8 Å². The molecule has 1 atom stereocenters. The normalized spacial score (nSPS) is 22.3. The Balaban J connectivity index is 1.49. The van der Waals surface area contributed by atoms with Crippen LogP contribution in [0.1, 0.15) is 36.3 Å². The van der Waals surface area contributed by atoms with E-state index in [4.69, 9.17) is 0 Å². The van der Waals surface area contributed by atoms with Crippen LogP contribution in [-0.2, 0) is 4.79 Å². The molecule has 0 aliphatic carbocycles. The van der Waals surface area contributed by atoms with E-state index < -0.39 is 5.69 Å². The molecule has 0 unspecified atom stereocenters. The van der Waals surface area contributed by atoms with Crippen LogP contribution in [0.15, 0.2) is 4.79 Å². The first kappa shape index (κ1) is 17.1. The Morgan fingerprint density at radius 1 is 1.29 bits per heavy atom. The van der Waals surface area contributed by atoms with Gasteiger partial charge in [-0.15, -0.1) is 5.10 Å². The summed E-state index contributed by atoms with van der Waals surface area (Å²) in [5.74, 6) is 2.43. The van der Waals surface area contributed by atoms with Gasteiger partial charge in [0.25, 0.3) is 5.91 Å². The monoisotopic (exact) mass is 353 g/mol. The number of nitrogens with zero attached hydrogens (tertiary/aromatic N) is 2. The summed E-state index contributed by atoms with van der Waals surface area (Å²) in [4.78, 5) is 39.7. The van der Waals surface area contributed by atoms with Gasteiger partial charge >= 0.3 is 5.69 Å². The molecule has 2 aliphatic heterocycles. The number of thioether (sulfide) groups is 1. The molecule has 2 amide bonds. The summed E-state index contributed by atoms with van der Waals surface area (Å²) >= 11 is 1.91. The Morgan fingerprint density at radius 3 is 2.79 bits per heavy atom. The molecule has 3 rings (SSSR count). The van der Waals surface area contributed by atoms with Crippen molar-refractivity contribution in [2.24, 2.45) is 11.8 Å². The number of nitrogens with one attached hydrogen (secondary N) is 3. The zero-order valence-corrected chi connectivity index (χ0v) is 14.4. The topological polar surface area (TPSA) is 111 Å². The van der Waals surface area contributed by atoms with Crippen LogP contribution < -0.4 is 11.0 Å². The molecule has 1 aromatic heterocycles. The van der Waals surface area contributed by atoms with Crippen molar-refractivity contribution in [2.45, 2.75) is 25.7 Å². The molecule has 2 saturated heterocycles. The van der Waals surface area contributed by atoms with Crippen molar-refractivity contribution < 1.29 is 9.59 Å². The molecule has 24 heavy (non-hydrogen) atoms. The van der Waals surface area contributed by atoms with E-state index in [1.165, 1.54) is 0 Å².